The molecule has 8 heteroatoms. The summed E-state index contributed by atoms with van der Waals surface area (Å²) in [5, 5.41) is 0.540. The molecule has 30 heavy (non-hydrogen) atoms. The molecule has 0 aliphatic rings. The highest BCUT2D eigenvalue weighted by Gasteiger charge is 2.24. The van der Waals surface area contributed by atoms with E-state index in [1.165, 1.54) is 28.4 Å². The fraction of sp³-hybridized carbons (Fsp3) is 0.136. The van der Waals surface area contributed by atoms with Crippen molar-refractivity contribution < 1.29 is 13.9 Å². The van der Waals surface area contributed by atoms with Crippen LogP contribution in [0.4, 0.5) is 9.52 Å². The van der Waals surface area contributed by atoms with Crippen molar-refractivity contribution in [2.24, 2.45) is 0 Å². The van der Waals surface area contributed by atoms with Crippen LogP contribution in [0.3, 0.4) is 0 Å². The van der Waals surface area contributed by atoms with Crippen LogP contribution in [-0.2, 0) is 6.54 Å². The van der Waals surface area contributed by atoms with Crippen LogP contribution >= 0.6 is 22.9 Å². The Morgan fingerprint density at radius 3 is 2.83 bits per heavy atom. The van der Waals surface area contributed by atoms with Gasteiger partial charge in [0.1, 0.15) is 17.1 Å². The van der Waals surface area contributed by atoms with Gasteiger partial charge in [0.05, 0.1) is 28.4 Å². The molecule has 152 valence electrons. The number of amides is 1. The predicted molar refractivity (Wildman–Crippen MR) is 117 cm³/mol. The number of rotatable bonds is 6. The van der Waals surface area contributed by atoms with Gasteiger partial charge in [-0.05, 0) is 48.9 Å². The molecule has 0 bridgehead atoms. The van der Waals surface area contributed by atoms with Crippen molar-refractivity contribution in [3.8, 4) is 5.75 Å². The van der Waals surface area contributed by atoms with E-state index in [0.29, 0.717) is 23.0 Å². The second-order valence-corrected chi connectivity index (χ2v) is 7.83. The second kappa shape index (κ2) is 8.77. The van der Waals surface area contributed by atoms with Gasteiger partial charge in [-0.25, -0.2) is 9.37 Å². The van der Waals surface area contributed by atoms with Crippen molar-refractivity contribution in [1.29, 1.82) is 0 Å². The number of nitrogens with zero attached hydrogens (tertiary/aromatic N) is 3. The van der Waals surface area contributed by atoms with Gasteiger partial charge < -0.3 is 4.74 Å². The molecule has 2 aromatic carbocycles. The van der Waals surface area contributed by atoms with Crippen LogP contribution in [0.25, 0.3) is 10.2 Å². The summed E-state index contributed by atoms with van der Waals surface area (Å²) in [7, 11) is 0. The van der Waals surface area contributed by atoms with Crippen LogP contribution in [0, 0.1) is 5.82 Å². The molecule has 2 aromatic heterocycles. The van der Waals surface area contributed by atoms with Crippen molar-refractivity contribution in [3.05, 3.63) is 82.9 Å². The van der Waals surface area contributed by atoms with E-state index in [1.54, 1.807) is 18.5 Å². The second-order valence-electron chi connectivity index (χ2n) is 6.41. The van der Waals surface area contributed by atoms with E-state index in [9.17, 15) is 9.18 Å². The summed E-state index contributed by atoms with van der Waals surface area (Å²) in [6.45, 7) is 2.65. The first-order valence-corrected chi connectivity index (χ1v) is 10.4. The molecular formula is C22H17ClFN3O2S. The van der Waals surface area contributed by atoms with Crippen LogP contribution in [-0.4, -0.2) is 22.5 Å². The van der Waals surface area contributed by atoms with Gasteiger partial charge in [-0.1, -0.05) is 35.1 Å². The maximum Gasteiger partial charge on any atom is 0.261 e. The Bertz CT molecular complexity index is 1200. The molecule has 2 heterocycles. The van der Waals surface area contributed by atoms with Crippen LogP contribution < -0.4 is 9.64 Å². The number of para-hydroxylation sites is 1. The van der Waals surface area contributed by atoms with Gasteiger partial charge in [0.25, 0.3) is 5.91 Å². The number of carbonyl (C=O) groups excluding carboxylic acids is 1. The van der Waals surface area contributed by atoms with Crippen molar-refractivity contribution in [2.45, 2.75) is 13.5 Å². The van der Waals surface area contributed by atoms with E-state index in [0.717, 1.165) is 16.3 Å². The first-order chi connectivity index (χ1) is 14.6. The number of fused-ring (bicyclic) bond motifs is 1. The third-order valence-electron chi connectivity index (χ3n) is 4.37. The quantitative estimate of drug-likeness (QED) is 0.383. The minimum atomic E-state index is -0.503. The molecular weight excluding hydrogens is 425 g/mol. The Labute approximate surface area is 181 Å². The topological polar surface area (TPSA) is 55.3 Å². The van der Waals surface area contributed by atoms with Crippen molar-refractivity contribution in [3.63, 3.8) is 0 Å². The molecule has 0 saturated carbocycles. The first kappa shape index (κ1) is 20.3. The van der Waals surface area contributed by atoms with Crippen molar-refractivity contribution in [1.82, 2.24) is 9.97 Å². The van der Waals surface area contributed by atoms with Gasteiger partial charge in [-0.3, -0.25) is 14.7 Å². The number of carbonyl (C=O) groups is 1. The summed E-state index contributed by atoms with van der Waals surface area (Å²) in [5.74, 6) is -0.219. The van der Waals surface area contributed by atoms with E-state index in [-0.39, 0.29) is 23.0 Å². The molecule has 5 nitrogen and oxygen atoms in total. The molecule has 0 radical (unpaired) electrons. The Morgan fingerprint density at radius 1 is 1.23 bits per heavy atom. The van der Waals surface area contributed by atoms with E-state index in [1.807, 2.05) is 31.2 Å². The predicted octanol–water partition coefficient (Wildman–Crippen LogP) is 5.73. The maximum absolute atomic E-state index is 13.5. The molecule has 0 fully saturated rings. The largest absolute Gasteiger partial charge is 0.492 e. The zero-order valence-electron chi connectivity index (χ0n) is 16.0. The number of anilines is 1. The lowest BCUT2D eigenvalue weighted by atomic mass is 10.2. The Hall–Kier alpha value is -3.03. The number of hydrogen-bond acceptors (Lipinski definition) is 5. The van der Waals surface area contributed by atoms with Gasteiger partial charge in [-0.15, -0.1) is 0 Å². The third kappa shape index (κ3) is 4.13. The summed E-state index contributed by atoms with van der Waals surface area (Å²) in [6, 6.07) is 13.1. The molecule has 0 spiro atoms. The molecule has 0 aliphatic carbocycles. The van der Waals surface area contributed by atoms with Crippen LogP contribution in [0.5, 0.6) is 5.75 Å². The lowest BCUT2D eigenvalue weighted by Gasteiger charge is -2.20. The number of ether oxygens (including phenoxy) is 1. The average molecular weight is 442 g/mol. The van der Waals surface area contributed by atoms with E-state index in [4.69, 9.17) is 16.3 Å². The average Bonchev–Trinajstić information content (AvgIpc) is 3.17. The van der Waals surface area contributed by atoms with Crippen LogP contribution in [0.1, 0.15) is 22.8 Å². The monoisotopic (exact) mass is 441 g/mol. The third-order valence-corrected chi connectivity index (χ3v) is 5.73. The summed E-state index contributed by atoms with van der Waals surface area (Å²) in [6.07, 6.45) is 3.35. The highest BCUT2D eigenvalue weighted by Crippen LogP contribution is 2.36. The van der Waals surface area contributed by atoms with Gasteiger partial charge in [-0.2, -0.15) is 0 Å². The van der Waals surface area contributed by atoms with E-state index < -0.39 is 5.82 Å². The SMILES string of the molecule is CCOc1cccc2sc(N(Cc3cccnc3)C(=O)c3ccc(F)cc3Cl)nc12. The highest BCUT2D eigenvalue weighted by atomic mass is 35.5. The van der Waals surface area contributed by atoms with Crippen molar-refractivity contribution in [2.75, 3.05) is 11.5 Å². The number of thiazole rings is 1. The van der Waals surface area contributed by atoms with E-state index >= 15 is 0 Å². The zero-order chi connectivity index (χ0) is 21.1. The molecule has 4 rings (SSSR count). The van der Waals surface area contributed by atoms with Crippen LogP contribution in [0.15, 0.2) is 60.9 Å². The fourth-order valence-electron chi connectivity index (χ4n) is 3.01. The standard InChI is InChI=1S/C22H17ClFN3O2S/c1-2-29-18-6-3-7-19-20(18)26-22(30-19)27(13-14-5-4-10-25-12-14)21(28)16-9-8-15(24)11-17(16)23/h3-12H,2,13H2,1H3. The molecule has 0 N–H and O–H groups in total. The van der Waals surface area contributed by atoms with Gasteiger partial charge in [0, 0.05) is 12.4 Å². The molecule has 0 atom stereocenters. The molecule has 0 saturated heterocycles. The summed E-state index contributed by atoms with van der Waals surface area (Å²) in [5.41, 5.74) is 1.72. The molecule has 1 amide bonds. The lowest BCUT2D eigenvalue weighted by Crippen LogP contribution is -2.30. The lowest BCUT2D eigenvalue weighted by molar-refractivity contribution is 0.0985. The summed E-state index contributed by atoms with van der Waals surface area (Å²) >= 11 is 7.54. The number of aromatic nitrogens is 2. The highest BCUT2D eigenvalue weighted by molar-refractivity contribution is 7.22. The van der Waals surface area contributed by atoms with Gasteiger partial charge >= 0.3 is 0 Å². The van der Waals surface area contributed by atoms with Crippen LogP contribution in [0.2, 0.25) is 5.02 Å². The smallest absolute Gasteiger partial charge is 0.261 e. The maximum atomic E-state index is 13.5. The minimum absolute atomic E-state index is 0.0484. The number of benzene rings is 2. The Kier molecular flexibility index (Phi) is 5.92. The summed E-state index contributed by atoms with van der Waals surface area (Å²) < 4.78 is 20.1. The minimum Gasteiger partial charge on any atom is -0.492 e. The van der Waals surface area contributed by atoms with E-state index in [2.05, 4.69) is 9.97 Å². The van der Waals surface area contributed by atoms with Gasteiger partial charge in [0.2, 0.25) is 0 Å². The van der Waals surface area contributed by atoms with Crippen molar-refractivity contribution >= 4 is 44.2 Å². The normalized spacial score (nSPS) is 10.9. The Balaban J connectivity index is 1.80. The number of hydrogen-bond donors (Lipinski definition) is 0. The molecule has 0 aliphatic heterocycles. The number of pyridine rings is 1. The number of halogens is 2. The molecule has 4 aromatic rings. The zero-order valence-corrected chi connectivity index (χ0v) is 17.6. The van der Waals surface area contributed by atoms with Gasteiger partial charge in [0.15, 0.2) is 5.13 Å². The Morgan fingerprint density at radius 2 is 2.10 bits per heavy atom. The molecule has 0 unspecified atom stereocenters. The summed E-state index contributed by atoms with van der Waals surface area (Å²) in [4.78, 5) is 23.7. The first-order valence-electron chi connectivity index (χ1n) is 9.25. The fourth-order valence-corrected chi connectivity index (χ4v) is 4.24.